The van der Waals surface area contributed by atoms with E-state index in [9.17, 15) is 0 Å². The first-order chi connectivity index (χ1) is 8.92. The van der Waals surface area contributed by atoms with Gasteiger partial charge in [0, 0.05) is 30.2 Å². The minimum atomic E-state index is 0.988. The van der Waals surface area contributed by atoms with Crippen molar-refractivity contribution in [1.29, 1.82) is 0 Å². The van der Waals surface area contributed by atoms with Gasteiger partial charge in [-0.25, -0.2) is 4.31 Å². The molecule has 1 aliphatic rings. The molecule has 2 aromatic carbocycles. The van der Waals surface area contributed by atoms with Crippen LogP contribution in [-0.4, -0.2) is 17.4 Å². The van der Waals surface area contributed by atoms with Crippen molar-refractivity contribution < 1.29 is 0 Å². The molecule has 1 aliphatic heterocycles. The molecule has 0 spiro atoms. The van der Waals surface area contributed by atoms with E-state index in [4.69, 9.17) is 0 Å². The van der Waals surface area contributed by atoms with Crippen LogP contribution in [0.2, 0.25) is 0 Å². The molecule has 0 unspecified atom stereocenters. The fourth-order valence-corrected chi connectivity index (χ4v) is 3.14. The third kappa shape index (κ3) is 2.68. The highest BCUT2D eigenvalue weighted by Crippen LogP contribution is 2.32. The van der Waals surface area contributed by atoms with E-state index in [2.05, 4.69) is 64.2 Å². The third-order valence-corrected chi connectivity index (χ3v) is 4.12. The predicted octanol–water partition coefficient (Wildman–Crippen LogP) is 3.62. The van der Waals surface area contributed by atoms with Crippen LogP contribution in [0.5, 0.6) is 0 Å². The fraction of sp³-hybridized carbons (Fsp3) is 0.200. The van der Waals surface area contributed by atoms with Crippen LogP contribution in [0.15, 0.2) is 59.5 Å². The Balaban J connectivity index is 1.75. The molecule has 2 nitrogen and oxygen atoms in total. The zero-order valence-electron chi connectivity index (χ0n) is 10.2. The molecule has 0 fully saturated rings. The lowest BCUT2D eigenvalue weighted by atomic mass is 10.2. The van der Waals surface area contributed by atoms with Crippen molar-refractivity contribution in [2.45, 2.75) is 11.4 Å². The highest BCUT2D eigenvalue weighted by atomic mass is 32.2. The molecule has 0 amide bonds. The second-order valence-corrected chi connectivity index (χ2v) is 5.50. The normalized spacial score (nSPS) is 15.6. The second kappa shape index (κ2) is 5.46. The SMILES string of the molecule is c1ccc(CN2CCNc3ccccc3S2)cc1. The van der Waals surface area contributed by atoms with Gasteiger partial charge in [-0.3, -0.25) is 0 Å². The lowest BCUT2D eigenvalue weighted by Crippen LogP contribution is -2.20. The van der Waals surface area contributed by atoms with Crippen molar-refractivity contribution >= 4 is 17.6 Å². The Labute approximate surface area is 112 Å². The Hall–Kier alpha value is -1.45. The Morgan fingerprint density at radius 2 is 1.78 bits per heavy atom. The van der Waals surface area contributed by atoms with E-state index < -0.39 is 0 Å². The fourth-order valence-electron chi connectivity index (χ4n) is 2.09. The minimum absolute atomic E-state index is 0.988. The van der Waals surface area contributed by atoms with Gasteiger partial charge in [-0.05, 0) is 29.6 Å². The number of hydrogen-bond donors (Lipinski definition) is 1. The van der Waals surface area contributed by atoms with E-state index in [1.54, 1.807) is 0 Å². The molecule has 1 N–H and O–H groups in total. The molecule has 18 heavy (non-hydrogen) atoms. The first-order valence-electron chi connectivity index (χ1n) is 6.21. The quantitative estimate of drug-likeness (QED) is 0.826. The summed E-state index contributed by atoms with van der Waals surface area (Å²) in [5, 5.41) is 3.48. The van der Waals surface area contributed by atoms with Gasteiger partial charge in [0.05, 0.1) is 0 Å². The molecule has 0 aromatic heterocycles. The maximum atomic E-state index is 3.48. The monoisotopic (exact) mass is 256 g/mol. The van der Waals surface area contributed by atoms with Crippen LogP contribution >= 0.6 is 11.9 Å². The molecule has 3 heteroatoms. The number of nitrogens with one attached hydrogen (secondary N) is 1. The van der Waals surface area contributed by atoms with Gasteiger partial charge in [0.25, 0.3) is 0 Å². The average molecular weight is 256 g/mol. The number of fused-ring (bicyclic) bond motifs is 1. The first-order valence-corrected chi connectivity index (χ1v) is 6.99. The largest absolute Gasteiger partial charge is 0.383 e. The van der Waals surface area contributed by atoms with Gasteiger partial charge >= 0.3 is 0 Å². The lowest BCUT2D eigenvalue weighted by Gasteiger charge is -2.18. The second-order valence-electron chi connectivity index (χ2n) is 4.36. The summed E-state index contributed by atoms with van der Waals surface area (Å²) in [5.74, 6) is 0. The van der Waals surface area contributed by atoms with Crippen LogP contribution in [0.25, 0.3) is 0 Å². The number of rotatable bonds is 2. The maximum Gasteiger partial charge on any atom is 0.0492 e. The van der Waals surface area contributed by atoms with Crippen molar-refractivity contribution in [3.05, 3.63) is 60.2 Å². The van der Waals surface area contributed by atoms with Crippen LogP contribution in [0.4, 0.5) is 5.69 Å². The molecule has 0 bridgehead atoms. The number of para-hydroxylation sites is 1. The molecule has 0 radical (unpaired) electrons. The summed E-state index contributed by atoms with van der Waals surface area (Å²) < 4.78 is 2.41. The summed E-state index contributed by atoms with van der Waals surface area (Å²) in [6, 6.07) is 19.1. The van der Waals surface area contributed by atoms with E-state index >= 15 is 0 Å². The standard InChI is InChI=1S/C15H16N2S/c1-2-6-13(7-3-1)12-17-11-10-16-14-8-4-5-9-15(14)18-17/h1-9,16H,10-12H2. The molecule has 0 saturated carbocycles. The third-order valence-electron chi connectivity index (χ3n) is 2.99. The van der Waals surface area contributed by atoms with Crippen molar-refractivity contribution in [1.82, 2.24) is 4.31 Å². The van der Waals surface area contributed by atoms with E-state index in [0.717, 1.165) is 19.6 Å². The molecular weight excluding hydrogens is 240 g/mol. The summed E-state index contributed by atoms with van der Waals surface area (Å²) in [6.45, 7) is 3.03. The number of nitrogens with zero attached hydrogens (tertiary/aromatic N) is 1. The molecule has 1 heterocycles. The number of benzene rings is 2. The van der Waals surface area contributed by atoms with Crippen molar-refractivity contribution in [3.8, 4) is 0 Å². The summed E-state index contributed by atoms with van der Waals surface area (Å²) in [4.78, 5) is 1.31. The van der Waals surface area contributed by atoms with E-state index in [1.165, 1.54) is 16.1 Å². The minimum Gasteiger partial charge on any atom is -0.383 e. The van der Waals surface area contributed by atoms with Gasteiger partial charge in [-0.1, -0.05) is 42.5 Å². The van der Waals surface area contributed by atoms with E-state index in [1.807, 2.05) is 11.9 Å². The van der Waals surface area contributed by atoms with Crippen molar-refractivity contribution in [2.24, 2.45) is 0 Å². The molecule has 92 valence electrons. The van der Waals surface area contributed by atoms with Gasteiger partial charge in [0.1, 0.15) is 0 Å². The predicted molar refractivity (Wildman–Crippen MR) is 77.6 cm³/mol. The van der Waals surface area contributed by atoms with Crippen LogP contribution in [0.1, 0.15) is 5.56 Å². The smallest absolute Gasteiger partial charge is 0.0492 e. The van der Waals surface area contributed by atoms with Crippen molar-refractivity contribution in [2.75, 3.05) is 18.4 Å². The van der Waals surface area contributed by atoms with Crippen LogP contribution < -0.4 is 5.32 Å². The van der Waals surface area contributed by atoms with E-state index in [0.29, 0.717) is 0 Å². The summed E-state index contributed by atoms with van der Waals surface area (Å²) in [6.07, 6.45) is 0. The molecule has 0 atom stereocenters. The van der Waals surface area contributed by atoms with Crippen LogP contribution in [-0.2, 0) is 6.54 Å². The van der Waals surface area contributed by atoms with Gasteiger partial charge in [0.15, 0.2) is 0 Å². The van der Waals surface area contributed by atoms with Gasteiger partial charge in [0.2, 0.25) is 0 Å². The van der Waals surface area contributed by atoms with Crippen molar-refractivity contribution in [3.63, 3.8) is 0 Å². The first kappa shape index (κ1) is 11.6. The Kier molecular flexibility index (Phi) is 3.53. The lowest BCUT2D eigenvalue weighted by molar-refractivity contribution is 0.486. The highest BCUT2D eigenvalue weighted by molar-refractivity contribution is 7.97. The zero-order chi connectivity index (χ0) is 12.2. The summed E-state index contributed by atoms with van der Waals surface area (Å²) in [7, 11) is 0. The molecule has 3 rings (SSSR count). The van der Waals surface area contributed by atoms with Gasteiger partial charge < -0.3 is 5.32 Å². The highest BCUT2D eigenvalue weighted by Gasteiger charge is 2.14. The summed E-state index contributed by atoms with van der Waals surface area (Å²) in [5.41, 5.74) is 2.61. The number of hydrogen-bond acceptors (Lipinski definition) is 3. The number of anilines is 1. The molecule has 0 aliphatic carbocycles. The Morgan fingerprint density at radius 3 is 2.67 bits per heavy atom. The average Bonchev–Trinajstić information content (AvgIpc) is 2.61. The Morgan fingerprint density at radius 1 is 1.00 bits per heavy atom. The molecule has 2 aromatic rings. The Bertz CT molecular complexity index is 513. The van der Waals surface area contributed by atoms with Gasteiger partial charge in [-0.15, -0.1) is 0 Å². The van der Waals surface area contributed by atoms with Crippen LogP contribution in [0.3, 0.4) is 0 Å². The summed E-state index contributed by atoms with van der Waals surface area (Å²) >= 11 is 1.84. The molecule has 0 saturated heterocycles. The van der Waals surface area contributed by atoms with Gasteiger partial charge in [-0.2, -0.15) is 0 Å². The maximum absolute atomic E-state index is 3.48. The topological polar surface area (TPSA) is 15.3 Å². The zero-order valence-corrected chi connectivity index (χ0v) is 11.0. The molecular formula is C15H16N2S. The van der Waals surface area contributed by atoms with E-state index in [-0.39, 0.29) is 0 Å². The van der Waals surface area contributed by atoms with Crippen LogP contribution in [0, 0.1) is 0 Å².